The third-order valence-electron chi connectivity index (χ3n) is 3.04. The van der Waals surface area contributed by atoms with E-state index in [-0.39, 0.29) is 5.54 Å². The van der Waals surface area contributed by atoms with E-state index >= 15 is 0 Å². The van der Waals surface area contributed by atoms with E-state index in [2.05, 4.69) is 50.1 Å². The van der Waals surface area contributed by atoms with Crippen LogP contribution in [0.3, 0.4) is 0 Å². The third-order valence-corrected chi connectivity index (χ3v) is 4.25. The summed E-state index contributed by atoms with van der Waals surface area (Å²) in [5, 5.41) is 3.42. The molecule has 2 aromatic rings. The Morgan fingerprint density at radius 2 is 1.90 bits per heavy atom. The molecule has 0 spiro atoms. The van der Waals surface area contributed by atoms with E-state index < -0.39 is 0 Å². The van der Waals surface area contributed by atoms with Crippen molar-refractivity contribution in [2.45, 2.75) is 52.8 Å². The monoisotopic (exact) mass is 304 g/mol. The van der Waals surface area contributed by atoms with Crippen molar-refractivity contribution in [3.05, 3.63) is 45.9 Å². The van der Waals surface area contributed by atoms with Crippen LogP contribution in [0.4, 0.5) is 0 Å². The molecule has 0 radical (unpaired) electrons. The zero-order chi connectivity index (χ0) is 15.3. The number of pyridine rings is 1. The summed E-state index contributed by atoms with van der Waals surface area (Å²) in [5.41, 5.74) is 1.13. The van der Waals surface area contributed by atoms with Crippen LogP contribution in [0.1, 0.15) is 43.1 Å². The van der Waals surface area contributed by atoms with E-state index in [1.54, 1.807) is 6.20 Å². The summed E-state index contributed by atoms with van der Waals surface area (Å²) in [6, 6.07) is 8.31. The van der Waals surface area contributed by atoms with Gasteiger partial charge in [0.25, 0.3) is 0 Å². The molecule has 2 rings (SSSR count). The molecule has 0 aliphatic heterocycles. The smallest absolute Gasteiger partial charge is 0.138 e. The molecule has 21 heavy (non-hydrogen) atoms. The minimum Gasteiger partial charge on any atom is -0.486 e. The van der Waals surface area contributed by atoms with Crippen LogP contribution < -0.4 is 10.1 Å². The first-order chi connectivity index (χ1) is 9.96. The van der Waals surface area contributed by atoms with Crippen molar-refractivity contribution in [1.82, 2.24) is 10.3 Å². The van der Waals surface area contributed by atoms with Gasteiger partial charge in [-0.1, -0.05) is 6.92 Å². The number of hydrogen-bond donors (Lipinski definition) is 1. The number of hydrogen-bond acceptors (Lipinski definition) is 4. The molecule has 0 amide bonds. The van der Waals surface area contributed by atoms with Gasteiger partial charge in [-0.15, -0.1) is 11.3 Å². The first-order valence-corrected chi connectivity index (χ1v) is 8.18. The Morgan fingerprint density at radius 3 is 2.48 bits per heavy atom. The predicted molar refractivity (Wildman–Crippen MR) is 88.9 cm³/mol. The van der Waals surface area contributed by atoms with E-state index in [1.807, 2.05) is 23.5 Å². The molecule has 0 atom stereocenters. The predicted octanol–water partition coefficient (Wildman–Crippen LogP) is 4.17. The van der Waals surface area contributed by atoms with Crippen molar-refractivity contribution in [2.75, 3.05) is 0 Å². The summed E-state index contributed by atoms with van der Waals surface area (Å²) in [5.74, 6) is 0.820. The fraction of sp³-hybridized carbons (Fsp3) is 0.471. The molecule has 0 bridgehead atoms. The second kappa shape index (κ2) is 7.05. The molecule has 0 aliphatic rings. The standard InChI is InChI=1S/C17H24N2OS/c1-5-15-8-9-16(21-15)12-20-14-7-6-13(18-11-14)10-19-17(2,3)4/h6-9,11,19H,5,10,12H2,1-4H3. The maximum atomic E-state index is 5.78. The van der Waals surface area contributed by atoms with E-state index in [9.17, 15) is 0 Å². The highest BCUT2D eigenvalue weighted by molar-refractivity contribution is 7.11. The van der Waals surface area contributed by atoms with Gasteiger partial charge in [-0.2, -0.15) is 0 Å². The van der Waals surface area contributed by atoms with E-state index in [1.165, 1.54) is 9.75 Å². The zero-order valence-corrected chi connectivity index (χ0v) is 14.1. The van der Waals surface area contributed by atoms with Crippen molar-refractivity contribution < 1.29 is 4.74 Å². The maximum absolute atomic E-state index is 5.78. The zero-order valence-electron chi connectivity index (χ0n) is 13.3. The van der Waals surface area contributed by atoms with Crippen molar-refractivity contribution in [3.63, 3.8) is 0 Å². The minimum atomic E-state index is 0.104. The van der Waals surface area contributed by atoms with Gasteiger partial charge in [0.1, 0.15) is 12.4 Å². The Hall–Kier alpha value is -1.39. The van der Waals surface area contributed by atoms with Crippen LogP contribution in [0.15, 0.2) is 30.5 Å². The SMILES string of the molecule is CCc1ccc(COc2ccc(CNC(C)(C)C)nc2)s1. The van der Waals surface area contributed by atoms with Gasteiger partial charge in [0.15, 0.2) is 0 Å². The molecule has 114 valence electrons. The second-order valence-corrected chi connectivity index (χ2v) is 7.35. The molecule has 0 saturated carbocycles. The number of ether oxygens (including phenoxy) is 1. The number of rotatable bonds is 6. The lowest BCUT2D eigenvalue weighted by molar-refractivity contribution is 0.308. The molecule has 0 fully saturated rings. The normalized spacial score (nSPS) is 11.6. The lowest BCUT2D eigenvalue weighted by Gasteiger charge is -2.20. The average molecular weight is 304 g/mol. The summed E-state index contributed by atoms with van der Waals surface area (Å²) < 4.78 is 5.78. The lowest BCUT2D eigenvalue weighted by Crippen LogP contribution is -2.35. The van der Waals surface area contributed by atoms with Gasteiger partial charge in [-0.05, 0) is 51.5 Å². The lowest BCUT2D eigenvalue weighted by atomic mass is 10.1. The Morgan fingerprint density at radius 1 is 1.14 bits per heavy atom. The topological polar surface area (TPSA) is 34.1 Å². The summed E-state index contributed by atoms with van der Waals surface area (Å²) in [7, 11) is 0. The molecule has 2 aromatic heterocycles. The molecule has 3 nitrogen and oxygen atoms in total. The van der Waals surface area contributed by atoms with Crippen LogP contribution in [0, 0.1) is 0 Å². The van der Waals surface area contributed by atoms with Gasteiger partial charge in [0, 0.05) is 21.8 Å². The molecule has 0 unspecified atom stereocenters. The Kier molecular flexibility index (Phi) is 5.37. The van der Waals surface area contributed by atoms with Crippen LogP contribution in [0.25, 0.3) is 0 Å². The second-order valence-electron chi connectivity index (χ2n) is 6.10. The number of aryl methyl sites for hydroxylation is 1. The highest BCUT2D eigenvalue weighted by Gasteiger charge is 2.08. The average Bonchev–Trinajstić information content (AvgIpc) is 2.91. The fourth-order valence-corrected chi connectivity index (χ4v) is 2.67. The summed E-state index contributed by atoms with van der Waals surface area (Å²) >= 11 is 1.81. The first kappa shape index (κ1) is 16.0. The van der Waals surface area contributed by atoms with Gasteiger partial charge in [0.2, 0.25) is 0 Å². The number of aromatic nitrogens is 1. The Bertz CT molecular complexity index is 555. The molecular formula is C17H24N2OS. The fourth-order valence-electron chi connectivity index (χ4n) is 1.80. The summed E-state index contributed by atoms with van der Waals surface area (Å²) in [4.78, 5) is 7.08. The molecule has 2 heterocycles. The Balaban J connectivity index is 1.84. The summed E-state index contributed by atoms with van der Waals surface area (Å²) in [6.45, 7) is 10.0. The van der Waals surface area contributed by atoms with Gasteiger partial charge < -0.3 is 10.1 Å². The van der Waals surface area contributed by atoms with Gasteiger partial charge in [-0.3, -0.25) is 4.98 Å². The van der Waals surface area contributed by atoms with Crippen molar-refractivity contribution in [1.29, 1.82) is 0 Å². The quantitative estimate of drug-likeness (QED) is 0.869. The largest absolute Gasteiger partial charge is 0.486 e. The van der Waals surface area contributed by atoms with Crippen LogP contribution in [-0.4, -0.2) is 10.5 Å². The first-order valence-electron chi connectivity index (χ1n) is 7.36. The van der Waals surface area contributed by atoms with Crippen LogP contribution in [0.2, 0.25) is 0 Å². The molecule has 0 aliphatic carbocycles. The van der Waals surface area contributed by atoms with Gasteiger partial charge >= 0.3 is 0 Å². The molecule has 4 heteroatoms. The van der Waals surface area contributed by atoms with Crippen LogP contribution >= 0.6 is 11.3 Å². The highest BCUT2D eigenvalue weighted by Crippen LogP contribution is 2.19. The van der Waals surface area contributed by atoms with Crippen molar-refractivity contribution in [3.8, 4) is 5.75 Å². The molecular weight excluding hydrogens is 280 g/mol. The highest BCUT2D eigenvalue weighted by atomic mass is 32.1. The summed E-state index contributed by atoms with van der Waals surface area (Å²) in [6.07, 6.45) is 2.88. The minimum absolute atomic E-state index is 0.104. The number of nitrogens with zero attached hydrogens (tertiary/aromatic N) is 1. The molecule has 0 saturated heterocycles. The Labute approximate surface area is 131 Å². The third kappa shape index (κ3) is 5.48. The molecule has 0 aromatic carbocycles. The van der Waals surface area contributed by atoms with Crippen molar-refractivity contribution in [2.24, 2.45) is 0 Å². The van der Waals surface area contributed by atoms with E-state index in [0.717, 1.165) is 24.4 Å². The van der Waals surface area contributed by atoms with Crippen molar-refractivity contribution >= 4 is 11.3 Å². The van der Waals surface area contributed by atoms with Crippen LogP contribution in [0.5, 0.6) is 5.75 Å². The van der Waals surface area contributed by atoms with E-state index in [0.29, 0.717) is 6.61 Å². The molecule has 1 N–H and O–H groups in total. The van der Waals surface area contributed by atoms with E-state index in [4.69, 9.17) is 4.74 Å². The maximum Gasteiger partial charge on any atom is 0.138 e. The van der Waals surface area contributed by atoms with Gasteiger partial charge in [0.05, 0.1) is 11.9 Å². The van der Waals surface area contributed by atoms with Gasteiger partial charge in [-0.25, -0.2) is 0 Å². The number of thiophene rings is 1. The van der Waals surface area contributed by atoms with Crippen LogP contribution in [-0.2, 0) is 19.6 Å². The number of nitrogens with one attached hydrogen (secondary N) is 1.